The zero-order valence-corrected chi connectivity index (χ0v) is 11.9. The van der Waals surface area contributed by atoms with Gasteiger partial charge in [-0.25, -0.2) is 0 Å². The molecule has 1 aromatic heterocycles. The maximum absolute atomic E-state index is 13.1. The van der Waals surface area contributed by atoms with Gasteiger partial charge in [-0.15, -0.1) is 0 Å². The van der Waals surface area contributed by atoms with Crippen LogP contribution in [0.25, 0.3) is 0 Å². The highest BCUT2D eigenvalue weighted by molar-refractivity contribution is 7.59. The second-order valence-corrected chi connectivity index (χ2v) is 5.04. The van der Waals surface area contributed by atoms with Crippen LogP contribution in [0.5, 0.6) is 0 Å². The lowest BCUT2D eigenvalue weighted by Crippen LogP contribution is -2.32. The molecule has 112 valence electrons. The van der Waals surface area contributed by atoms with E-state index in [1.165, 1.54) is 6.20 Å². The minimum atomic E-state index is -4.38. The van der Waals surface area contributed by atoms with Crippen molar-refractivity contribution >= 4 is 19.5 Å². The fourth-order valence-electron chi connectivity index (χ4n) is 2.46. The average molecular weight is 307 g/mol. The Labute approximate surface area is 121 Å². The number of alkyl halides is 3. The minimum Gasteiger partial charge on any atom is -0.481 e. The van der Waals surface area contributed by atoms with Crippen molar-refractivity contribution in [3.63, 3.8) is 0 Å². The smallest absolute Gasteiger partial charge is 0.395 e. The Morgan fingerprint density at radius 2 is 2.05 bits per heavy atom. The van der Waals surface area contributed by atoms with E-state index in [1.54, 1.807) is 19.1 Å². The fraction of sp³-hybridized carbons (Fsp3) is 0.538. The van der Waals surface area contributed by atoms with Gasteiger partial charge >= 0.3 is 12.1 Å². The molecule has 1 fully saturated rings. The largest absolute Gasteiger partial charge is 0.481 e. The van der Waals surface area contributed by atoms with E-state index in [9.17, 15) is 18.0 Å². The summed E-state index contributed by atoms with van der Waals surface area (Å²) in [5.74, 6) is -2.28. The number of hydrogen-bond donors (Lipinski definition) is 1. The lowest BCUT2D eigenvalue weighted by molar-refractivity contribution is -0.195. The van der Waals surface area contributed by atoms with Crippen molar-refractivity contribution in [3.8, 4) is 0 Å². The number of carbonyl (C=O) groups is 1. The lowest BCUT2D eigenvalue weighted by atomic mass is 9.81. The Morgan fingerprint density at radius 3 is 2.40 bits per heavy atom. The van der Waals surface area contributed by atoms with Crippen molar-refractivity contribution in [1.29, 1.82) is 0 Å². The number of halogens is 3. The zero-order valence-electron chi connectivity index (χ0n) is 10.9. The monoisotopic (exact) mass is 307 g/mol. The summed E-state index contributed by atoms with van der Waals surface area (Å²) in [5, 5.41) is 8.87. The van der Waals surface area contributed by atoms with Gasteiger partial charge in [-0.05, 0) is 31.4 Å². The van der Waals surface area contributed by atoms with Crippen LogP contribution in [0.4, 0.5) is 13.2 Å². The second-order valence-electron chi connectivity index (χ2n) is 5.04. The highest BCUT2D eigenvalue weighted by Gasteiger charge is 2.67. The summed E-state index contributed by atoms with van der Waals surface area (Å²) in [6, 6.07) is 3.15. The lowest BCUT2D eigenvalue weighted by Gasteiger charge is -2.28. The van der Waals surface area contributed by atoms with Gasteiger partial charge in [0.25, 0.3) is 0 Å². The summed E-state index contributed by atoms with van der Waals surface area (Å²) in [6.07, 6.45) is -3.57. The molecule has 1 aliphatic rings. The van der Waals surface area contributed by atoms with Crippen molar-refractivity contribution in [2.24, 2.45) is 5.41 Å². The van der Waals surface area contributed by atoms with Gasteiger partial charge in [0, 0.05) is 17.8 Å². The van der Waals surface area contributed by atoms with Gasteiger partial charge in [0.2, 0.25) is 0 Å². The van der Waals surface area contributed by atoms with Crippen molar-refractivity contribution in [2.45, 2.75) is 38.3 Å². The SMILES string of the molecule is Cc1ccc([C@H](CC(=O)O)C2(C(F)(F)F)CC2)cn1.S. The number of aryl methyl sites for hydroxylation is 1. The molecular weight excluding hydrogens is 291 g/mol. The first-order valence-corrected chi connectivity index (χ1v) is 5.97. The summed E-state index contributed by atoms with van der Waals surface area (Å²) in [4.78, 5) is 14.8. The molecule has 0 amide bonds. The van der Waals surface area contributed by atoms with Crippen LogP contribution in [-0.4, -0.2) is 22.2 Å². The molecule has 0 aliphatic heterocycles. The summed E-state index contributed by atoms with van der Waals surface area (Å²) in [7, 11) is 0. The van der Waals surface area contributed by atoms with Crippen LogP contribution in [0, 0.1) is 12.3 Å². The number of carboxylic acid groups (broad SMARTS) is 1. The Hall–Kier alpha value is -1.24. The molecule has 0 aromatic carbocycles. The topological polar surface area (TPSA) is 50.2 Å². The van der Waals surface area contributed by atoms with Crippen LogP contribution in [0.1, 0.15) is 36.4 Å². The summed E-state index contributed by atoms with van der Waals surface area (Å²) < 4.78 is 39.4. The Balaban J connectivity index is 0.00000200. The molecule has 20 heavy (non-hydrogen) atoms. The third-order valence-electron chi connectivity index (χ3n) is 3.74. The predicted molar refractivity (Wildman–Crippen MR) is 72.1 cm³/mol. The van der Waals surface area contributed by atoms with E-state index < -0.39 is 29.9 Å². The molecule has 1 aliphatic carbocycles. The van der Waals surface area contributed by atoms with Crippen LogP contribution in [-0.2, 0) is 4.79 Å². The third-order valence-corrected chi connectivity index (χ3v) is 3.74. The molecule has 1 heterocycles. The van der Waals surface area contributed by atoms with Crippen LogP contribution in [0.3, 0.4) is 0 Å². The number of aliphatic carboxylic acids is 1. The van der Waals surface area contributed by atoms with Gasteiger partial charge in [-0.1, -0.05) is 6.07 Å². The molecule has 0 bridgehead atoms. The number of nitrogens with zero attached hydrogens (tertiary/aromatic N) is 1. The van der Waals surface area contributed by atoms with Gasteiger partial charge in [0.1, 0.15) is 0 Å². The summed E-state index contributed by atoms with van der Waals surface area (Å²) in [5.41, 5.74) is -0.847. The molecule has 7 heteroatoms. The van der Waals surface area contributed by atoms with Crippen molar-refractivity contribution in [2.75, 3.05) is 0 Å². The molecule has 3 nitrogen and oxygen atoms in total. The zero-order chi connectivity index (χ0) is 14.3. The third kappa shape index (κ3) is 3.08. The quantitative estimate of drug-likeness (QED) is 0.927. The van der Waals surface area contributed by atoms with Gasteiger partial charge < -0.3 is 5.11 Å². The first-order valence-electron chi connectivity index (χ1n) is 5.97. The van der Waals surface area contributed by atoms with Crippen molar-refractivity contribution in [3.05, 3.63) is 29.6 Å². The van der Waals surface area contributed by atoms with E-state index in [0.29, 0.717) is 11.3 Å². The normalized spacial score (nSPS) is 18.0. The fourth-order valence-corrected chi connectivity index (χ4v) is 2.46. The Bertz CT molecular complexity index is 483. The van der Waals surface area contributed by atoms with Gasteiger partial charge in [0.15, 0.2) is 0 Å². The maximum Gasteiger partial charge on any atom is 0.395 e. The van der Waals surface area contributed by atoms with E-state index in [-0.39, 0.29) is 26.3 Å². The van der Waals surface area contributed by atoms with Crippen molar-refractivity contribution < 1.29 is 23.1 Å². The van der Waals surface area contributed by atoms with Crippen LogP contribution in [0.15, 0.2) is 18.3 Å². The second kappa shape index (κ2) is 5.63. The molecule has 1 saturated carbocycles. The van der Waals surface area contributed by atoms with Crippen LogP contribution >= 0.6 is 13.5 Å². The van der Waals surface area contributed by atoms with Crippen LogP contribution in [0.2, 0.25) is 0 Å². The highest BCUT2D eigenvalue weighted by atomic mass is 32.1. The molecule has 1 atom stereocenters. The molecule has 0 unspecified atom stereocenters. The molecule has 2 rings (SSSR count). The number of rotatable bonds is 4. The molecular formula is C13H16F3NO2S. The molecule has 0 radical (unpaired) electrons. The maximum atomic E-state index is 13.1. The van der Waals surface area contributed by atoms with Gasteiger partial charge in [-0.2, -0.15) is 26.7 Å². The summed E-state index contributed by atoms with van der Waals surface area (Å²) >= 11 is 0. The van der Waals surface area contributed by atoms with E-state index in [4.69, 9.17) is 5.11 Å². The molecule has 0 spiro atoms. The Morgan fingerprint density at radius 1 is 1.45 bits per heavy atom. The highest BCUT2D eigenvalue weighted by Crippen LogP contribution is 2.66. The predicted octanol–water partition coefficient (Wildman–Crippen LogP) is 3.40. The van der Waals surface area contributed by atoms with Gasteiger partial charge in [0.05, 0.1) is 11.8 Å². The number of hydrogen-bond acceptors (Lipinski definition) is 2. The average Bonchev–Trinajstić information content (AvgIpc) is 3.07. The summed E-state index contributed by atoms with van der Waals surface area (Å²) in [6.45, 7) is 1.73. The number of pyridine rings is 1. The molecule has 1 aromatic rings. The first-order chi connectivity index (χ1) is 8.76. The standard InChI is InChI=1S/C13H14F3NO2.H2S/c1-8-2-3-9(7-17-8)10(6-11(18)19)12(4-5-12)13(14,15)16;/h2-3,7,10H,4-6H2,1H3,(H,18,19);1H2/t10-;/m0./s1. The van der Waals surface area contributed by atoms with E-state index >= 15 is 0 Å². The van der Waals surface area contributed by atoms with E-state index in [0.717, 1.165) is 0 Å². The van der Waals surface area contributed by atoms with Crippen molar-refractivity contribution in [1.82, 2.24) is 4.98 Å². The molecule has 1 N–H and O–H groups in total. The Kier molecular flexibility index (Phi) is 4.74. The van der Waals surface area contributed by atoms with E-state index in [1.807, 2.05) is 0 Å². The first kappa shape index (κ1) is 16.8. The number of aromatic nitrogens is 1. The van der Waals surface area contributed by atoms with E-state index in [2.05, 4.69) is 4.98 Å². The van der Waals surface area contributed by atoms with Crippen LogP contribution < -0.4 is 0 Å². The molecule has 0 saturated heterocycles. The minimum absolute atomic E-state index is 0. The number of carboxylic acids is 1. The van der Waals surface area contributed by atoms with Gasteiger partial charge in [-0.3, -0.25) is 9.78 Å².